The highest BCUT2D eigenvalue weighted by atomic mass is 16.2. The van der Waals surface area contributed by atoms with Gasteiger partial charge in [0.2, 0.25) is 11.8 Å². The molecule has 0 atom stereocenters. The molecule has 0 spiro atoms. The first-order valence-corrected chi connectivity index (χ1v) is 7.40. The Morgan fingerprint density at radius 3 is 2.29 bits per heavy atom. The minimum Gasteiger partial charge on any atom is -0.369 e. The molecular weight excluding hydrogens is 264 g/mol. The van der Waals surface area contributed by atoms with Gasteiger partial charge in [-0.1, -0.05) is 44.2 Å². The molecule has 0 aliphatic carbocycles. The first kappa shape index (κ1) is 15.5. The lowest BCUT2D eigenvalue weighted by molar-refractivity contribution is -0.133. The number of hydrogen-bond donors (Lipinski definition) is 1. The highest BCUT2D eigenvalue weighted by molar-refractivity contribution is 5.94. The highest BCUT2D eigenvalue weighted by Gasteiger charge is 2.32. The number of hydrogen-bond acceptors (Lipinski definition) is 2. The largest absolute Gasteiger partial charge is 0.369 e. The molecule has 1 fully saturated rings. The van der Waals surface area contributed by atoms with Crippen molar-refractivity contribution in [1.29, 1.82) is 0 Å². The van der Waals surface area contributed by atoms with E-state index in [2.05, 4.69) is 24.3 Å². The molecule has 4 nitrogen and oxygen atoms in total. The van der Waals surface area contributed by atoms with Crippen molar-refractivity contribution in [3.63, 3.8) is 0 Å². The zero-order chi connectivity index (χ0) is 15.5. The average Bonchev–Trinajstić information content (AvgIpc) is 2.48. The van der Waals surface area contributed by atoms with Gasteiger partial charge in [0.1, 0.15) is 0 Å². The van der Waals surface area contributed by atoms with E-state index < -0.39 is 11.3 Å². The number of amides is 2. The number of nitrogens with zero attached hydrogens (tertiary/aromatic N) is 1. The predicted molar refractivity (Wildman–Crippen MR) is 82.3 cm³/mol. The van der Waals surface area contributed by atoms with E-state index >= 15 is 0 Å². The van der Waals surface area contributed by atoms with Gasteiger partial charge in [-0.05, 0) is 24.3 Å². The van der Waals surface area contributed by atoms with Crippen molar-refractivity contribution < 1.29 is 9.59 Å². The molecule has 1 aromatic rings. The first-order chi connectivity index (χ1) is 9.90. The second-order valence-electron chi connectivity index (χ2n) is 6.24. The first-order valence-electron chi connectivity index (χ1n) is 7.40. The van der Waals surface area contributed by atoms with Crippen LogP contribution in [0.3, 0.4) is 0 Å². The van der Waals surface area contributed by atoms with Crippen molar-refractivity contribution >= 4 is 11.8 Å². The van der Waals surface area contributed by atoms with Crippen LogP contribution >= 0.6 is 0 Å². The Balaban J connectivity index is 1.89. The number of benzene rings is 1. The van der Waals surface area contributed by atoms with Crippen LogP contribution in [-0.4, -0.2) is 29.8 Å². The summed E-state index contributed by atoms with van der Waals surface area (Å²) < 4.78 is 0. The van der Waals surface area contributed by atoms with Crippen LogP contribution < -0.4 is 5.73 Å². The summed E-state index contributed by atoms with van der Waals surface area (Å²) in [6.07, 6.45) is 3.36. The van der Waals surface area contributed by atoms with E-state index in [0.29, 0.717) is 5.92 Å². The Kier molecular flexibility index (Phi) is 4.66. The van der Waals surface area contributed by atoms with Crippen LogP contribution in [0.5, 0.6) is 0 Å². The summed E-state index contributed by atoms with van der Waals surface area (Å²) in [6, 6.07) is 10.4. The Labute approximate surface area is 126 Å². The summed E-state index contributed by atoms with van der Waals surface area (Å²) in [5.41, 5.74) is 5.75. The number of carbonyl (C=O) groups is 2. The Bertz CT molecular complexity index is 503. The second kappa shape index (κ2) is 6.29. The van der Waals surface area contributed by atoms with E-state index in [0.717, 1.165) is 25.9 Å². The third-order valence-electron chi connectivity index (χ3n) is 4.20. The minimum absolute atomic E-state index is 0.0923. The molecule has 0 saturated carbocycles. The van der Waals surface area contributed by atoms with Gasteiger partial charge in [-0.15, -0.1) is 0 Å². The molecule has 1 radical (unpaired) electrons. The quantitative estimate of drug-likeness (QED) is 0.922. The molecule has 2 amide bonds. The Morgan fingerprint density at radius 2 is 1.76 bits per heavy atom. The van der Waals surface area contributed by atoms with Gasteiger partial charge >= 0.3 is 0 Å². The molecule has 0 bridgehead atoms. The zero-order valence-corrected chi connectivity index (χ0v) is 12.7. The Hall–Kier alpha value is -1.84. The molecule has 2 N–H and O–H groups in total. The van der Waals surface area contributed by atoms with Gasteiger partial charge in [0.15, 0.2) is 0 Å². The van der Waals surface area contributed by atoms with Crippen molar-refractivity contribution in [2.75, 3.05) is 13.1 Å². The van der Waals surface area contributed by atoms with E-state index in [4.69, 9.17) is 5.73 Å². The van der Waals surface area contributed by atoms with Gasteiger partial charge in [0, 0.05) is 13.1 Å². The van der Waals surface area contributed by atoms with E-state index in [1.54, 1.807) is 13.8 Å². The SMILES string of the molecule is CC(C)([CH]C(=O)N1CCC(c2ccccc2)CC1)C(N)=O. The lowest BCUT2D eigenvalue weighted by atomic mass is 9.86. The van der Waals surface area contributed by atoms with Gasteiger partial charge in [-0.2, -0.15) is 0 Å². The fourth-order valence-electron chi connectivity index (χ4n) is 2.63. The molecule has 1 aliphatic rings. The molecule has 21 heavy (non-hydrogen) atoms. The summed E-state index contributed by atoms with van der Waals surface area (Å²) in [4.78, 5) is 25.3. The number of piperidine rings is 1. The van der Waals surface area contributed by atoms with Crippen molar-refractivity contribution in [3.8, 4) is 0 Å². The van der Waals surface area contributed by atoms with Crippen molar-refractivity contribution in [1.82, 2.24) is 4.90 Å². The molecule has 1 aromatic carbocycles. The average molecular weight is 287 g/mol. The van der Waals surface area contributed by atoms with Gasteiger partial charge < -0.3 is 10.6 Å². The van der Waals surface area contributed by atoms with Crippen LogP contribution in [0.4, 0.5) is 0 Å². The topological polar surface area (TPSA) is 63.4 Å². The number of carbonyl (C=O) groups excluding carboxylic acids is 2. The van der Waals surface area contributed by atoms with Gasteiger partial charge in [0.25, 0.3) is 0 Å². The van der Waals surface area contributed by atoms with Crippen LogP contribution in [0, 0.1) is 11.8 Å². The molecule has 0 aromatic heterocycles. The van der Waals surface area contributed by atoms with Crippen molar-refractivity contribution in [2.45, 2.75) is 32.6 Å². The van der Waals surface area contributed by atoms with Crippen LogP contribution in [0.2, 0.25) is 0 Å². The highest BCUT2D eigenvalue weighted by Crippen LogP contribution is 2.29. The molecule has 113 valence electrons. The van der Waals surface area contributed by atoms with Crippen molar-refractivity contribution in [3.05, 3.63) is 42.3 Å². The molecule has 4 heteroatoms. The monoisotopic (exact) mass is 287 g/mol. The number of primary amides is 1. The van der Waals surface area contributed by atoms with Gasteiger partial charge in [-0.25, -0.2) is 0 Å². The summed E-state index contributed by atoms with van der Waals surface area (Å²) in [5.74, 6) is -0.0558. The summed E-state index contributed by atoms with van der Waals surface area (Å²) >= 11 is 0. The maximum absolute atomic E-state index is 12.2. The summed E-state index contributed by atoms with van der Waals surface area (Å²) in [7, 11) is 0. The normalized spacial score (nSPS) is 16.8. The molecular formula is C17H23N2O2. The third-order valence-corrected chi connectivity index (χ3v) is 4.20. The minimum atomic E-state index is -0.895. The van der Waals surface area contributed by atoms with Crippen LogP contribution in [0.1, 0.15) is 38.2 Å². The predicted octanol–water partition coefficient (Wildman–Crippen LogP) is 2.11. The lowest BCUT2D eigenvalue weighted by Crippen LogP contribution is -2.43. The maximum atomic E-state index is 12.2. The summed E-state index contributed by atoms with van der Waals surface area (Å²) in [6.45, 7) is 4.79. The standard InChI is InChI=1S/C17H23N2O2/c1-17(2,16(18)21)12-15(20)19-10-8-14(9-11-19)13-6-4-3-5-7-13/h3-7,12,14H,8-11H2,1-2H3,(H2,18,21). The van der Waals surface area contributed by atoms with Crippen LogP contribution in [0.15, 0.2) is 30.3 Å². The number of rotatable bonds is 4. The number of likely N-dealkylation sites (tertiary alicyclic amines) is 1. The third kappa shape index (κ3) is 3.84. The molecule has 2 rings (SSSR count). The fourth-order valence-corrected chi connectivity index (χ4v) is 2.63. The Morgan fingerprint density at radius 1 is 1.19 bits per heavy atom. The van der Waals surface area contributed by atoms with Crippen LogP contribution in [-0.2, 0) is 9.59 Å². The molecule has 1 saturated heterocycles. The van der Waals surface area contributed by atoms with E-state index in [9.17, 15) is 9.59 Å². The molecule has 0 unspecified atom stereocenters. The van der Waals surface area contributed by atoms with Gasteiger partial charge in [-0.3, -0.25) is 9.59 Å². The van der Waals surface area contributed by atoms with Crippen molar-refractivity contribution in [2.24, 2.45) is 11.1 Å². The second-order valence-corrected chi connectivity index (χ2v) is 6.24. The molecule has 1 heterocycles. The van der Waals surface area contributed by atoms with Crippen LogP contribution in [0.25, 0.3) is 0 Å². The maximum Gasteiger partial charge on any atom is 0.227 e. The zero-order valence-electron chi connectivity index (χ0n) is 12.7. The fraction of sp³-hybridized carbons (Fsp3) is 0.471. The van der Waals surface area contributed by atoms with Gasteiger partial charge in [0.05, 0.1) is 11.8 Å². The number of nitrogens with two attached hydrogens (primary N) is 1. The van der Waals surface area contributed by atoms with E-state index in [-0.39, 0.29) is 5.91 Å². The smallest absolute Gasteiger partial charge is 0.227 e. The lowest BCUT2D eigenvalue weighted by Gasteiger charge is -2.33. The molecule has 1 aliphatic heterocycles. The van der Waals surface area contributed by atoms with E-state index in [1.807, 2.05) is 11.0 Å². The van der Waals surface area contributed by atoms with E-state index in [1.165, 1.54) is 12.0 Å². The summed E-state index contributed by atoms with van der Waals surface area (Å²) in [5, 5.41) is 0.